The van der Waals surface area contributed by atoms with Crippen molar-refractivity contribution in [3.8, 4) is 0 Å². The van der Waals surface area contributed by atoms with Gasteiger partial charge in [-0.2, -0.15) is 0 Å². The van der Waals surface area contributed by atoms with Crippen LogP contribution in [-0.2, 0) is 6.54 Å². The summed E-state index contributed by atoms with van der Waals surface area (Å²) < 4.78 is 5.19. The van der Waals surface area contributed by atoms with Crippen molar-refractivity contribution in [3.63, 3.8) is 0 Å². The second-order valence-electron chi connectivity index (χ2n) is 6.08. The third-order valence-corrected chi connectivity index (χ3v) is 3.60. The quantitative estimate of drug-likeness (QED) is 0.852. The van der Waals surface area contributed by atoms with E-state index in [1.54, 1.807) is 6.20 Å². The fourth-order valence-electron chi connectivity index (χ4n) is 2.25. The van der Waals surface area contributed by atoms with Crippen molar-refractivity contribution >= 4 is 0 Å². The molecule has 1 saturated heterocycles. The first-order chi connectivity index (χ1) is 7.97. The lowest BCUT2D eigenvalue weighted by Crippen LogP contribution is -2.59. The van der Waals surface area contributed by atoms with Gasteiger partial charge in [-0.1, -0.05) is 25.9 Å². The summed E-state index contributed by atoms with van der Waals surface area (Å²) in [5.74, 6) is 0.950. The Morgan fingerprint density at radius 1 is 1.53 bits per heavy atom. The van der Waals surface area contributed by atoms with Crippen LogP contribution in [0.2, 0.25) is 0 Å². The van der Waals surface area contributed by atoms with E-state index >= 15 is 0 Å². The van der Waals surface area contributed by atoms with Crippen LogP contribution >= 0.6 is 0 Å². The van der Waals surface area contributed by atoms with Gasteiger partial charge >= 0.3 is 0 Å². The molecule has 0 amide bonds. The smallest absolute Gasteiger partial charge is 0.150 e. The van der Waals surface area contributed by atoms with Gasteiger partial charge in [0.2, 0.25) is 0 Å². The fraction of sp³-hybridized carbons (Fsp3) is 0.769. The molecular formula is C13H23N3O. The largest absolute Gasteiger partial charge is 0.360 e. The van der Waals surface area contributed by atoms with E-state index in [-0.39, 0.29) is 0 Å². The summed E-state index contributed by atoms with van der Waals surface area (Å²) >= 11 is 0. The summed E-state index contributed by atoms with van der Waals surface area (Å²) in [6.45, 7) is 12.1. The minimum Gasteiger partial charge on any atom is -0.360 e. The first-order valence-electron chi connectivity index (χ1n) is 6.34. The zero-order chi connectivity index (χ0) is 12.5. The van der Waals surface area contributed by atoms with E-state index in [1.807, 2.05) is 6.07 Å². The van der Waals surface area contributed by atoms with Crippen molar-refractivity contribution < 1.29 is 4.52 Å². The van der Waals surface area contributed by atoms with Crippen molar-refractivity contribution in [1.82, 2.24) is 15.4 Å². The topological polar surface area (TPSA) is 41.3 Å². The molecule has 17 heavy (non-hydrogen) atoms. The van der Waals surface area contributed by atoms with Crippen molar-refractivity contribution in [2.45, 2.75) is 46.3 Å². The SMILES string of the molecule is CC1CNC(C(C)(C)C)CN1Cc1ccno1. The van der Waals surface area contributed by atoms with Crippen molar-refractivity contribution in [2.75, 3.05) is 13.1 Å². The van der Waals surface area contributed by atoms with Crippen LogP contribution in [0, 0.1) is 5.41 Å². The highest BCUT2D eigenvalue weighted by molar-refractivity contribution is 4.97. The maximum absolute atomic E-state index is 5.19. The molecule has 0 spiro atoms. The molecule has 1 N–H and O–H groups in total. The number of aromatic nitrogens is 1. The minimum atomic E-state index is 0.291. The summed E-state index contributed by atoms with van der Waals surface area (Å²) in [6.07, 6.45) is 1.71. The number of hydrogen-bond acceptors (Lipinski definition) is 4. The average molecular weight is 237 g/mol. The molecule has 2 heterocycles. The van der Waals surface area contributed by atoms with Crippen molar-refractivity contribution in [2.24, 2.45) is 5.41 Å². The average Bonchev–Trinajstić information content (AvgIpc) is 2.72. The lowest BCUT2D eigenvalue weighted by atomic mass is 9.85. The van der Waals surface area contributed by atoms with E-state index in [0.29, 0.717) is 17.5 Å². The monoisotopic (exact) mass is 237 g/mol. The molecule has 96 valence electrons. The van der Waals surface area contributed by atoms with Gasteiger partial charge in [0.05, 0.1) is 12.7 Å². The van der Waals surface area contributed by atoms with Crippen LogP contribution in [0.4, 0.5) is 0 Å². The molecule has 0 bridgehead atoms. The highest BCUT2D eigenvalue weighted by Crippen LogP contribution is 2.24. The Balaban J connectivity index is 2.00. The molecular weight excluding hydrogens is 214 g/mol. The van der Waals surface area contributed by atoms with Crippen LogP contribution in [0.25, 0.3) is 0 Å². The standard InChI is InChI=1S/C13H23N3O/c1-10-7-14-12(13(2,3)4)9-16(10)8-11-5-6-15-17-11/h5-6,10,12,14H,7-9H2,1-4H3. The lowest BCUT2D eigenvalue weighted by molar-refractivity contribution is 0.0800. The van der Waals surface area contributed by atoms with Crippen LogP contribution in [-0.4, -0.2) is 35.2 Å². The highest BCUT2D eigenvalue weighted by Gasteiger charge is 2.32. The number of nitrogens with one attached hydrogen (secondary N) is 1. The number of piperazine rings is 1. The molecule has 2 unspecified atom stereocenters. The first kappa shape index (κ1) is 12.6. The van der Waals surface area contributed by atoms with E-state index in [0.717, 1.165) is 25.4 Å². The molecule has 1 aromatic heterocycles. The second kappa shape index (κ2) is 4.78. The summed E-state index contributed by atoms with van der Waals surface area (Å²) in [4.78, 5) is 2.47. The van der Waals surface area contributed by atoms with Gasteiger partial charge in [-0.25, -0.2) is 0 Å². The summed E-state index contributed by atoms with van der Waals surface area (Å²) in [5.41, 5.74) is 0.291. The zero-order valence-corrected chi connectivity index (χ0v) is 11.2. The van der Waals surface area contributed by atoms with Crippen LogP contribution in [0.15, 0.2) is 16.8 Å². The van der Waals surface area contributed by atoms with Crippen molar-refractivity contribution in [3.05, 3.63) is 18.0 Å². The van der Waals surface area contributed by atoms with Crippen molar-refractivity contribution in [1.29, 1.82) is 0 Å². The van der Waals surface area contributed by atoms with Crippen LogP contribution in [0.1, 0.15) is 33.5 Å². The maximum atomic E-state index is 5.19. The van der Waals surface area contributed by atoms with Crippen LogP contribution < -0.4 is 5.32 Å². The van der Waals surface area contributed by atoms with Gasteiger partial charge in [0.25, 0.3) is 0 Å². The molecule has 1 aliphatic rings. The van der Waals surface area contributed by atoms with Gasteiger partial charge in [-0.15, -0.1) is 0 Å². The second-order valence-corrected chi connectivity index (χ2v) is 6.08. The zero-order valence-electron chi connectivity index (χ0n) is 11.2. The molecule has 1 aliphatic heterocycles. The van der Waals surface area contributed by atoms with Gasteiger partial charge in [0.15, 0.2) is 5.76 Å². The molecule has 4 nitrogen and oxygen atoms in total. The Hall–Kier alpha value is -0.870. The Bertz CT molecular complexity index is 342. The fourth-order valence-corrected chi connectivity index (χ4v) is 2.25. The lowest BCUT2D eigenvalue weighted by Gasteiger charge is -2.43. The Kier molecular flexibility index (Phi) is 3.54. The summed E-state index contributed by atoms with van der Waals surface area (Å²) in [5, 5.41) is 7.39. The molecule has 1 aromatic rings. The van der Waals surface area contributed by atoms with E-state index in [1.165, 1.54) is 0 Å². The summed E-state index contributed by atoms with van der Waals surface area (Å²) in [7, 11) is 0. The van der Waals surface area contributed by atoms with Crippen LogP contribution in [0.3, 0.4) is 0 Å². The summed E-state index contributed by atoms with van der Waals surface area (Å²) in [6, 6.07) is 3.02. The molecule has 0 saturated carbocycles. The molecule has 4 heteroatoms. The van der Waals surface area contributed by atoms with Gasteiger partial charge in [-0.3, -0.25) is 4.90 Å². The first-order valence-corrected chi connectivity index (χ1v) is 6.34. The van der Waals surface area contributed by atoms with E-state index in [4.69, 9.17) is 4.52 Å². The molecule has 2 atom stereocenters. The third-order valence-electron chi connectivity index (χ3n) is 3.60. The predicted octanol–water partition coefficient (Wildman–Crippen LogP) is 1.88. The van der Waals surface area contributed by atoms with Gasteiger partial charge in [-0.05, 0) is 12.3 Å². The van der Waals surface area contributed by atoms with Gasteiger partial charge in [0.1, 0.15) is 0 Å². The highest BCUT2D eigenvalue weighted by atomic mass is 16.5. The van der Waals surface area contributed by atoms with E-state index < -0.39 is 0 Å². The van der Waals surface area contributed by atoms with Gasteiger partial charge in [0, 0.05) is 31.2 Å². The van der Waals surface area contributed by atoms with E-state index in [2.05, 4.69) is 43.1 Å². The molecule has 0 aromatic carbocycles. The Morgan fingerprint density at radius 3 is 2.88 bits per heavy atom. The Morgan fingerprint density at radius 2 is 2.29 bits per heavy atom. The van der Waals surface area contributed by atoms with Crippen LogP contribution in [0.5, 0.6) is 0 Å². The molecule has 0 radical (unpaired) electrons. The third kappa shape index (κ3) is 3.07. The number of hydrogen-bond donors (Lipinski definition) is 1. The molecule has 1 fully saturated rings. The van der Waals surface area contributed by atoms with E-state index in [9.17, 15) is 0 Å². The number of nitrogens with zero attached hydrogens (tertiary/aromatic N) is 2. The van der Waals surface area contributed by atoms with Gasteiger partial charge < -0.3 is 9.84 Å². The predicted molar refractivity (Wildman–Crippen MR) is 67.6 cm³/mol. The minimum absolute atomic E-state index is 0.291. The Labute approximate surface area is 103 Å². The maximum Gasteiger partial charge on any atom is 0.150 e. The molecule has 2 rings (SSSR count). The molecule has 0 aliphatic carbocycles. The normalized spacial score (nSPS) is 27.3. The number of rotatable bonds is 2.